The van der Waals surface area contributed by atoms with Crippen molar-refractivity contribution in [3.63, 3.8) is 0 Å². The fourth-order valence-electron chi connectivity index (χ4n) is 2.08. The number of thiophene rings is 2. The molecule has 2 rings (SSSR count). The number of hydrogen-bond donors (Lipinski definition) is 1. The van der Waals surface area contributed by atoms with Crippen molar-refractivity contribution >= 4 is 28.6 Å². The maximum Gasteiger partial charge on any atom is 0.345 e. The molecule has 0 bridgehead atoms. The summed E-state index contributed by atoms with van der Waals surface area (Å²) >= 11 is 3.14. The number of aromatic carboxylic acids is 1. The van der Waals surface area contributed by atoms with Gasteiger partial charge in [0.15, 0.2) is 0 Å². The Bertz CT molecular complexity index is 575. The van der Waals surface area contributed by atoms with Gasteiger partial charge in [0.2, 0.25) is 0 Å². The van der Waals surface area contributed by atoms with Crippen LogP contribution in [0.25, 0.3) is 0 Å². The van der Waals surface area contributed by atoms with Crippen LogP contribution in [0, 0.1) is 6.92 Å². The van der Waals surface area contributed by atoms with Crippen molar-refractivity contribution in [3.8, 4) is 0 Å². The lowest BCUT2D eigenvalue weighted by atomic mass is 10.1. The first kappa shape index (κ1) is 15.2. The molecule has 1 N–H and O–H groups in total. The van der Waals surface area contributed by atoms with Crippen LogP contribution in [-0.2, 0) is 13.0 Å². The van der Waals surface area contributed by atoms with E-state index in [1.54, 1.807) is 17.4 Å². The first-order valence-electron chi connectivity index (χ1n) is 6.52. The zero-order valence-corrected chi connectivity index (χ0v) is 13.6. The zero-order chi connectivity index (χ0) is 14.7. The quantitative estimate of drug-likeness (QED) is 0.880. The average Bonchev–Trinajstić information content (AvgIpc) is 3.00. The molecule has 0 fully saturated rings. The number of likely N-dealkylation sites (N-methyl/N-ethyl adjacent to an activating group) is 1. The van der Waals surface area contributed by atoms with Gasteiger partial charge in [-0.15, -0.1) is 22.7 Å². The molecule has 0 aliphatic heterocycles. The van der Waals surface area contributed by atoms with E-state index < -0.39 is 5.97 Å². The molecule has 2 heterocycles. The van der Waals surface area contributed by atoms with Crippen molar-refractivity contribution in [3.05, 3.63) is 43.8 Å². The Hall–Kier alpha value is -1.17. The normalized spacial score (nSPS) is 12.8. The third-order valence-corrected chi connectivity index (χ3v) is 5.46. The smallest absolute Gasteiger partial charge is 0.345 e. The number of aryl methyl sites for hydroxylation is 1. The topological polar surface area (TPSA) is 40.5 Å². The summed E-state index contributed by atoms with van der Waals surface area (Å²) in [7, 11) is 2.09. The van der Waals surface area contributed by atoms with Gasteiger partial charge >= 0.3 is 5.97 Å². The Kier molecular flexibility index (Phi) is 4.96. The molecule has 0 spiro atoms. The van der Waals surface area contributed by atoms with E-state index in [1.807, 2.05) is 6.92 Å². The predicted molar refractivity (Wildman–Crippen MR) is 85.0 cm³/mol. The van der Waals surface area contributed by atoms with Gasteiger partial charge in [-0.25, -0.2) is 4.79 Å². The maximum atomic E-state index is 11.0. The molecule has 0 radical (unpaired) electrons. The molecular formula is C15H19NO2S2. The monoisotopic (exact) mass is 309 g/mol. The lowest BCUT2D eigenvalue weighted by molar-refractivity contribution is 0.0702. The Labute approximate surface area is 127 Å². The molecule has 1 atom stereocenters. The van der Waals surface area contributed by atoms with E-state index >= 15 is 0 Å². The summed E-state index contributed by atoms with van der Waals surface area (Å²) in [6, 6.07) is 6.47. The molecule has 108 valence electrons. The summed E-state index contributed by atoms with van der Waals surface area (Å²) in [5, 5.41) is 11.1. The fourth-order valence-corrected chi connectivity index (χ4v) is 3.78. The second kappa shape index (κ2) is 6.52. The van der Waals surface area contributed by atoms with Gasteiger partial charge in [-0.05, 0) is 50.4 Å². The van der Waals surface area contributed by atoms with E-state index in [0.29, 0.717) is 10.9 Å². The van der Waals surface area contributed by atoms with Crippen molar-refractivity contribution in [2.24, 2.45) is 0 Å². The lowest BCUT2D eigenvalue weighted by Gasteiger charge is -2.24. The Morgan fingerprint density at radius 3 is 2.80 bits per heavy atom. The first-order chi connectivity index (χ1) is 9.47. The van der Waals surface area contributed by atoms with Crippen molar-refractivity contribution in [2.75, 3.05) is 7.05 Å². The molecule has 20 heavy (non-hydrogen) atoms. The molecule has 0 aliphatic carbocycles. The summed E-state index contributed by atoms with van der Waals surface area (Å²) in [6.45, 7) is 4.99. The highest BCUT2D eigenvalue weighted by Gasteiger charge is 2.15. The van der Waals surface area contributed by atoms with Gasteiger partial charge < -0.3 is 5.11 Å². The Balaban J connectivity index is 2.00. The summed E-state index contributed by atoms with van der Waals surface area (Å²) in [5.74, 6) is -0.835. The summed E-state index contributed by atoms with van der Waals surface area (Å²) in [4.78, 5) is 16.2. The molecule has 0 amide bonds. The molecule has 0 saturated carbocycles. The van der Waals surface area contributed by atoms with Crippen molar-refractivity contribution in [1.82, 2.24) is 4.90 Å². The van der Waals surface area contributed by atoms with Crippen LogP contribution in [-0.4, -0.2) is 29.1 Å². The van der Waals surface area contributed by atoms with Gasteiger partial charge in [0, 0.05) is 22.3 Å². The van der Waals surface area contributed by atoms with Gasteiger partial charge in [-0.3, -0.25) is 4.90 Å². The number of rotatable bonds is 6. The second-order valence-corrected chi connectivity index (χ2v) is 7.33. The third kappa shape index (κ3) is 3.69. The number of carboxylic acids is 1. The van der Waals surface area contributed by atoms with E-state index in [2.05, 4.69) is 36.4 Å². The molecule has 2 aromatic heterocycles. The minimum atomic E-state index is -0.835. The number of nitrogens with zero attached hydrogens (tertiary/aromatic N) is 1. The highest BCUT2D eigenvalue weighted by Crippen LogP contribution is 2.24. The highest BCUT2D eigenvalue weighted by molar-refractivity contribution is 7.14. The standard InChI is InChI=1S/C15H19NO2S2/c1-10(7-13-5-4-6-19-13)16(3)9-12-8-14(15(17)18)20-11(12)2/h4-6,8,10H,7,9H2,1-3H3,(H,17,18). The highest BCUT2D eigenvalue weighted by atomic mass is 32.1. The van der Waals surface area contributed by atoms with Crippen LogP contribution < -0.4 is 0 Å². The summed E-state index contributed by atoms with van der Waals surface area (Å²) in [6.07, 6.45) is 1.03. The van der Waals surface area contributed by atoms with Gasteiger partial charge in [-0.2, -0.15) is 0 Å². The minimum absolute atomic E-state index is 0.428. The number of hydrogen-bond acceptors (Lipinski definition) is 4. The van der Waals surface area contributed by atoms with E-state index in [1.165, 1.54) is 16.2 Å². The van der Waals surface area contributed by atoms with Crippen molar-refractivity contribution in [1.29, 1.82) is 0 Å². The SMILES string of the molecule is Cc1sc(C(=O)O)cc1CN(C)C(C)Cc1cccs1. The van der Waals surface area contributed by atoms with E-state index in [9.17, 15) is 4.79 Å². The van der Waals surface area contributed by atoms with Gasteiger partial charge in [0.1, 0.15) is 4.88 Å². The lowest BCUT2D eigenvalue weighted by Crippen LogP contribution is -2.30. The van der Waals surface area contributed by atoms with Crippen LogP contribution in [0.4, 0.5) is 0 Å². The molecular weight excluding hydrogens is 290 g/mol. The summed E-state index contributed by atoms with van der Waals surface area (Å²) < 4.78 is 0. The van der Waals surface area contributed by atoms with Crippen LogP contribution in [0.15, 0.2) is 23.6 Å². The van der Waals surface area contributed by atoms with Crippen LogP contribution >= 0.6 is 22.7 Å². The third-order valence-electron chi connectivity index (χ3n) is 3.48. The molecule has 2 aromatic rings. The largest absolute Gasteiger partial charge is 0.477 e. The van der Waals surface area contributed by atoms with Crippen LogP contribution in [0.3, 0.4) is 0 Å². The first-order valence-corrected chi connectivity index (χ1v) is 8.22. The average molecular weight is 309 g/mol. The summed E-state index contributed by atoms with van der Waals surface area (Å²) in [5.41, 5.74) is 1.12. The molecule has 0 saturated heterocycles. The van der Waals surface area contributed by atoms with Gasteiger partial charge in [0.25, 0.3) is 0 Å². The van der Waals surface area contributed by atoms with Gasteiger partial charge in [-0.1, -0.05) is 6.07 Å². The predicted octanol–water partition coefficient (Wildman–Crippen LogP) is 3.88. The zero-order valence-electron chi connectivity index (χ0n) is 11.9. The van der Waals surface area contributed by atoms with Gasteiger partial charge in [0.05, 0.1) is 0 Å². The van der Waals surface area contributed by atoms with Crippen LogP contribution in [0.5, 0.6) is 0 Å². The second-order valence-electron chi connectivity index (χ2n) is 5.04. The number of carbonyl (C=O) groups is 1. The van der Waals surface area contributed by atoms with Crippen molar-refractivity contribution < 1.29 is 9.90 Å². The van der Waals surface area contributed by atoms with Crippen LogP contribution in [0.2, 0.25) is 0 Å². The number of carboxylic acid groups (broad SMARTS) is 1. The fraction of sp³-hybridized carbons (Fsp3) is 0.400. The minimum Gasteiger partial charge on any atom is -0.477 e. The van der Waals surface area contributed by atoms with Crippen molar-refractivity contribution in [2.45, 2.75) is 32.9 Å². The molecule has 1 unspecified atom stereocenters. The molecule has 3 nitrogen and oxygen atoms in total. The molecule has 5 heteroatoms. The Morgan fingerprint density at radius 1 is 1.50 bits per heavy atom. The van der Waals surface area contributed by atoms with E-state index in [0.717, 1.165) is 23.4 Å². The Morgan fingerprint density at radius 2 is 2.25 bits per heavy atom. The maximum absolute atomic E-state index is 11.0. The molecule has 0 aliphatic rings. The van der Waals surface area contributed by atoms with E-state index in [4.69, 9.17) is 5.11 Å². The van der Waals surface area contributed by atoms with Crippen LogP contribution in [0.1, 0.15) is 31.9 Å². The molecule has 0 aromatic carbocycles. The van der Waals surface area contributed by atoms with E-state index in [-0.39, 0.29) is 0 Å².